The molecule has 2 N–H and O–H groups in total. The van der Waals surface area contributed by atoms with Crippen molar-refractivity contribution in [2.45, 2.75) is 32.2 Å². The van der Waals surface area contributed by atoms with Crippen molar-refractivity contribution in [1.29, 1.82) is 0 Å². The summed E-state index contributed by atoms with van der Waals surface area (Å²) in [5.41, 5.74) is 8.36. The van der Waals surface area contributed by atoms with Gasteiger partial charge in [-0.25, -0.2) is 0 Å². The summed E-state index contributed by atoms with van der Waals surface area (Å²) >= 11 is 3.49. The van der Waals surface area contributed by atoms with E-state index in [1.54, 1.807) is 0 Å². The summed E-state index contributed by atoms with van der Waals surface area (Å²) in [6, 6.07) is 6.20. The van der Waals surface area contributed by atoms with Gasteiger partial charge in [0.1, 0.15) is 0 Å². The average molecular weight is 300 g/mol. The maximum Gasteiger partial charge on any atom is 0.305 e. The van der Waals surface area contributed by atoms with E-state index in [2.05, 4.69) is 38.9 Å². The minimum atomic E-state index is -0.203. The number of hydrogen-bond donors (Lipinski definition) is 1. The van der Waals surface area contributed by atoms with E-state index in [1.165, 1.54) is 18.2 Å². The van der Waals surface area contributed by atoms with Crippen LogP contribution in [-0.2, 0) is 16.0 Å². The van der Waals surface area contributed by atoms with Crippen LogP contribution in [0.5, 0.6) is 0 Å². The molecule has 0 saturated carbocycles. The van der Waals surface area contributed by atoms with Crippen LogP contribution in [0, 0.1) is 6.92 Å². The third-order valence-electron chi connectivity index (χ3n) is 2.68. The summed E-state index contributed by atoms with van der Waals surface area (Å²) in [6.45, 7) is 2.05. The highest BCUT2D eigenvalue weighted by Crippen LogP contribution is 2.18. The number of benzene rings is 1. The molecule has 0 aromatic heterocycles. The van der Waals surface area contributed by atoms with E-state index < -0.39 is 0 Å². The summed E-state index contributed by atoms with van der Waals surface area (Å²) in [5, 5.41) is 0. The Bertz CT molecular complexity index is 393. The van der Waals surface area contributed by atoms with E-state index in [9.17, 15) is 4.79 Å². The van der Waals surface area contributed by atoms with Gasteiger partial charge in [0, 0.05) is 16.9 Å². The van der Waals surface area contributed by atoms with Crippen LogP contribution in [0.4, 0.5) is 0 Å². The van der Waals surface area contributed by atoms with Gasteiger partial charge in [0.05, 0.1) is 7.11 Å². The van der Waals surface area contributed by atoms with Crippen LogP contribution < -0.4 is 5.73 Å². The highest BCUT2D eigenvalue weighted by atomic mass is 79.9. The van der Waals surface area contributed by atoms with Crippen molar-refractivity contribution in [3.8, 4) is 0 Å². The van der Waals surface area contributed by atoms with E-state index in [4.69, 9.17) is 5.73 Å². The Kier molecular flexibility index (Phi) is 5.65. The number of hydrogen-bond acceptors (Lipinski definition) is 3. The molecular weight excluding hydrogens is 282 g/mol. The van der Waals surface area contributed by atoms with Gasteiger partial charge in [0.15, 0.2) is 0 Å². The normalized spacial score (nSPS) is 12.2. The molecule has 0 fully saturated rings. The Morgan fingerprint density at radius 2 is 2.24 bits per heavy atom. The van der Waals surface area contributed by atoms with E-state index in [-0.39, 0.29) is 12.0 Å². The van der Waals surface area contributed by atoms with Crippen molar-refractivity contribution in [1.82, 2.24) is 0 Å². The summed E-state index contributed by atoms with van der Waals surface area (Å²) in [5.74, 6) is -0.203. The van der Waals surface area contributed by atoms with E-state index in [0.29, 0.717) is 12.8 Å². The summed E-state index contributed by atoms with van der Waals surface area (Å²) < 4.78 is 5.68. The van der Waals surface area contributed by atoms with Crippen molar-refractivity contribution in [3.63, 3.8) is 0 Å². The SMILES string of the molecule is COC(=O)CCC(N)Cc1ccc(C)c(Br)c1. The van der Waals surface area contributed by atoms with Gasteiger partial charge in [-0.1, -0.05) is 28.1 Å². The molecule has 0 spiro atoms. The maximum atomic E-state index is 11.0. The number of halogens is 1. The van der Waals surface area contributed by atoms with E-state index in [0.717, 1.165) is 10.9 Å². The number of nitrogens with two attached hydrogens (primary N) is 1. The molecule has 3 nitrogen and oxygen atoms in total. The maximum absolute atomic E-state index is 11.0. The summed E-state index contributed by atoms with van der Waals surface area (Å²) in [4.78, 5) is 11.0. The van der Waals surface area contributed by atoms with E-state index in [1.807, 2.05) is 6.92 Å². The lowest BCUT2D eigenvalue weighted by Crippen LogP contribution is -2.24. The van der Waals surface area contributed by atoms with Crippen molar-refractivity contribution in [3.05, 3.63) is 33.8 Å². The van der Waals surface area contributed by atoms with Gasteiger partial charge in [0.25, 0.3) is 0 Å². The Balaban J connectivity index is 2.47. The first-order valence-corrected chi connectivity index (χ1v) is 6.39. The van der Waals surface area contributed by atoms with Gasteiger partial charge in [-0.05, 0) is 37.0 Å². The second-order valence-corrected chi connectivity index (χ2v) is 5.02. The molecule has 0 aliphatic rings. The molecule has 0 amide bonds. The lowest BCUT2D eigenvalue weighted by atomic mass is 10.0. The molecule has 0 aliphatic carbocycles. The molecule has 1 aromatic carbocycles. The zero-order chi connectivity index (χ0) is 12.8. The quantitative estimate of drug-likeness (QED) is 0.850. The van der Waals surface area contributed by atoms with Crippen molar-refractivity contribution in [2.24, 2.45) is 5.73 Å². The zero-order valence-corrected chi connectivity index (χ0v) is 11.8. The lowest BCUT2D eigenvalue weighted by Gasteiger charge is -2.11. The fourth-order valence-electron chi connectivity index (χ4n) is 1.57. The first kappa shape index (κ1) is 14.2. The van der Waals surface area contributed by atoms with Crippen LogP contribution in [0.25, 0.3) is 0 Å². The monoisotopic (exact) mass is 299 g/mol. The molecule has 17 heavy (non-hydrogen) atoms. The molecule has 0 bridgehead atoms. The molecule has 1 unspecified atom stereocenters. The van der Waals surface area contributed by atoms with Crippen molar-refractivity contribution in [2.75, 3.05) is 7.11 Å². The van der Waals surface area contributed by atoms with Crippen molar-refractivity contribution < 1.29 is 9.53 Å². The average Bonchev–Trinajstić information content (AvgIpc) is 2.31. The van der Waals surface area contributed by atoms with Crippen LogP contribution in [-0.4, -0.2) is 19.1 Å². The first-order valence-electron chi connectivity index (χ1n) is 5.60. The van der Waals surface area contributed by atoms with Crippen LogP contribution in [0.3, 0.4) is 0 Å². The fourth-order valence-corrected chi connectivity index (χ4v) is 2.00. The molecular formula is C13H18BrNO2. The van der Waals surface area contributed by atoms with Crippen LogP contribution in [0.15, 0.2) is 22.7 Å². The third kappa shape index (κ3) is 4.88. The molecule has 1 atom stereocenters. The fraction of sp³-hybridized carbons (Fsp3) is 0.462. The molecule has 1 rings (SSSR count). The highest BCUT2D eigenvalue weighted by molar-refractivity contribution is 9.10. The van der Waals surface area contributed by atoms with Crippen LogP contribution in [0.2, 0.25) is 0 Å². The standard InChI is InChI=1S/C13H18BrNO2/c1-9-3-4-10(8-12(9)14)7-11(15)5-6-13(16)17-2/h3-4,8,11H,5-7,15H2,1-2H3. The predicted octanol–water partition coefficient (Wildman–Crippen LogP) is 2.58. The van der Waals surface area contributed by atoms with Gasteiger partial charge >= 0.3 is 5.97 Å². The number of ether oxygens (including phenoxy) is 1. The van der Waals surface area contributed by atoms with E-state index >= 15 is 0 Å². The zero-order valence-electron chi connectivity index (χ0n) is 10.2. The number of aryl methyl sites for hydroxylation is 1. The minimum absolute atomic E-state index is 0.0105. The topological polar surface area (TPSA) is 52.3 Å². The van der Waals surface area contributed by atoms with Gasteiger partial charge in [-0.2, -0.15) is 0 Å². The number of carbonyl (C=O) groups is 1. The molecule has 4 heteroatoms. The largest absolute Gasteiger partial charge is 0.469 e. The van der Waals surface area contributed by atoms with Crippen molar-refractivity contribution >= 4 is 21.9 Å². The Labute approximate surface area is 110 Å². The minimum Gasteiger partial charge on any atom is -0.469 e. The molecule has 0 radical (unpaired) electrons. The van der Waals surface area contributed by atoms with Crippen LogP contribution in [0.1, 0.15) is 24.0 Å². The molecule has 0 saturated heterocycles. The molecule has 0 heterocycles. The Morgan fingerprint density at radius 3 is 2.82 bits per heavy atom. The number of rotatable bonds is 5. The molecule has 94 valence electrons. The van der Waals surface area contributed by atoms with Gasteiger partial charge in [-0.3, -0.25) is 4.79 Å². The molecule has 1 aromatic rings. The van der Waals surface area contributed by atoms with Crippen LogP contribution >= 0.6 is 15.9 Å². The van der Waals surface area contributed by atoms with Gasteiger partial charge in [-0.15, -0.1) is 0 Å². The Hall–Kier alpha value is -0.870. The second-order valence-electron chi connectivity index (χ2n) is 4.16. The second kappa shape index (κ2) is 6.77. The van der Waals surface area contributed by atoms with Gasteiger partial charge < -0.3 is 10.5 Å². The predicted molar refractivity (Wildman–Crippen MR) is 71.8 cm³/mol. The first-order chi connectivity index (χ1) is 8.02. The summed E-state index contributed by atoms with van der Waals surface area (Å²) in [7, 11) is 1.39. The highest BCUT2D eigenvalue weighted by Gasteiger charge is 2.08. The molecule has 0 aliphatic heterocycles. The third-order valence-corrected chi connectivity index (χ3v) is 3.54. The summed E-state index contributed by atoms with van der Waals surface area (Å²) in [6.07, 6.45) is 1.80. The lowest BCUT2D eigenvalue weighted by molar-refractivity contribution is -0.140. The van der Waals surface area contributed by atoms with Gasteiger partial charge in [0.2, 0.25) is 0 Å². The smallest absolute Gasteiger partial charge is 0.305 e. The number of methoxy groups -OCH3 is 1. The number of esters is 1. The Morgan fingerprint density at radius 1 is 1.53 bits per heavy atom. The number of carbonyl (C=O) groups excluding carboxylic acids is 1.